The fourth-order valence-electron chi connectivity index (χ4n) is 4.69. The van der Waals surface area contributed by atoms with E-state index >= 15 is 0 Å². The molecule has 0 unspecified atom stereocenters. The number of carbonyl (C=O) groups excluding carboxylic acids is 1. The quantitative estimate of drug-likeness (QED) is 0.610. The van der Waals surface area contributed by atoms with Gasteiger partial charge in [0.05, 0.1) is 5.69 Å². The molecular weight excluding hydrogens is 358 g/mol. The minimum absolute atomic E-state index is 0.0566. The van der Waals surface area contributed by atoms with Crippen molar-refractivity contribution < 1.29 is 4.79 Å². The highest BCUT2D eigenvalue weighted by Crippen LogP contribution is 2.32. The zero-order valence-corrected chi connectivity index (χ0v) is 17.0. The van der Waals surface area contributed by atoms with Gasteiger partial charge in [-0.15, -0.1) is 0 Å². The number of fused-ring (bicyclic) bond motifs is 2. The van der Waals surface area contributed by atoms with E-state index in [9.17, 15) is 4.79 Å². The number of aromatic nitrogens is 2. The Kier molecular flexibility index (Phi) is 4.70. The summed E-state index contributed by atoms with van der Waals surface area (Å²) in [5.74, 6) is 0.997. The molecule has 0 fully saturated rings. The second-order valence-electron chi connectivity index (χ2n) is 8.25. The lowest BCUT2D eigenvalue weighted by molar-refractivity contribution is 0.0979. The smallest absolute Gasteiger partial charge is 0.278 e. The van der Waals surface area contributed by atoms with Gasteiger partial charge in [-0.3, -0.25) is 4.79 Å². The molecule has 0 spiro atoms. The number of nitrogens with zero attached hydrogens (tertiary/aromatic N) is 3. The molecule has 2 aliphatic rings. The zero-order chi connectivity index (χ0) is 19.8. The van der Waals surface area contributed by atoms with Gasteiger partial charge >= 0.3 is 0 Å². The monoisotopic (exact) mass is 385 g/mol. The maximum atomic E-state index is 13.7. The Hall–Kier alpha value is -2.88. The molecule has 0 aliphatic carbocycles. The number of benzene rings is 2. The first-order valence-electron chi connectivity index (χ1n) is 10.8. The summed E-state index contributed by atoms with van der Waals surface area (Å²) < 4.78 is 2.31. The molecule has 3 aromatic rings. The highest BCUT2D eigenvalue weighted by molar-refractivity contribution is 6.06. The maximum Gasteiger partial charge on any atom is 0.278 e. The standard InChI is InChI=1S/C25H27N3O/c1-18-12-14-20(15-13-18)24-26-23(22-11-3-2-6-16-27(22)24)25(29)28-17-7-9-19-8-4-5-10-21(19)28/h4-5,8,10,12-15H,2-3,6-7,9,11,16-17H2,1H3. The van der Waals surface area contributed by atoms with Crippen molar-refractivity contribution in [3.63, 3.8) is 0 Å². The fraction of sp³-hybridized carbons (Fsp3) is 0.360. The third kappa shape index (κ3) is 3.27. The van der Waals surface area contributed by atoms with Gasteiger partial charge in [-0.2, -0.15) is 0 Å². The minimum atomic E-state index is 0.0566. The number of anilines is 1. The number of carbonyl (C=O) groups is 1. The average Bonchev–Trinajstić information content (AvgIpc) is 2.94. The predicted octanol–water partition coefficient (Wildman–Crippen LogP) is 5.18. The van der Waals surface area contributed by atoms with Crippen LogP contribution in [0.3, 0.4) is 0 Å². The molecule has 148 valence electrons. The van der Waals surface area contributed by atoms with Crippen LogP contribution >= 0.6 is 0 Å². The van der Waals surface area contributed by atoms with Crippen molar-refractivity contribution in [3.8, 4) is 11.4 Å². The summed E-state index contributed by atoms with van der Waals surface area (Å²) in [5.41, 5.74) is 6.41. The Morgan fingerprint density at radius 2 is 1.72 bits per heavy atom. The van der Waals surface area contributed by atoms with Crippen LogP contribution in [0.5, 0.6) is 0 Å². The maximum absolute atomic E-state index is 13.7. The zero-order valence-electron chi connectivity index (χ0n) is 17.0. The van der Waals surface area contributed by atoms with Crippen molar-refractivity contribution in [1.82, 2.24) is 9.55 Å². The van der Waals surface area contributed by atoms with Crippen molar-refractivity contribution in [2.45, 2.75) is 52.0 Å². The van der Waals surface area contributed by atoms with Crippen molar-refractivity contribution in [3.05, 3.63) is 71.0 Å². The Morgan fingerprint density at radius 1 is 0.897 bits per heavy atom. The number of para-hydroxylation sites is 1. The number of imidazole rings is 1. The number of aryl methyl sites for hydroxylation is 2. The summed E-state index contributed by atoms with van der Waals surface area (Å²) in [6, 6.07) is 16.8. The molecule has 0 saturated carbocycles. The molecule has 0 radical (unpaired) electrons. The summed E-state index contributed by atoms with van der Waals surface area (Å²) in [4.78, 5) is 20.6. The van der Waals surface area contributed by atoms with E-state index in [0.717, 1.165) is 68.0 Å². The lowest BCUT2D eigenvalue weighted by Gasteiger charge is -2.29. The van der Waals surface area contributed by atoms with Crippen molar-refractivity contribution in [1.29, 1.82) is 0 Å². The van der Waals surface area contributed by atoms with Gasteiger partial charge in [0.2, 0.25) is 0 Å². The van der Waals surface area contributed by atoms with E-state index < -0.39 is 0 Å². The van der Waals surface area contributed by atoms with E-state index in [4.69, 9.17) is 4.98 Å². The summed E-state index contributed by atoms with van der Waals surface area (Å²) >= 11 is 0. The van der Waals surface area contributed by atoms with Crippen LogP contribution in [0.15, 0.2) is 48.5 Å². The number of hydrogen-bond acceptors (Lipinski definition) is 2. The molecule has 29 heavy (non-hydrogen) atoms. The highest BCUT2D eigenvalue weighted by atomic mass is 16.2. The Labute approximate surface area is 172 Å². The second kappa shape index (κ2) is 7.51. The van der Waals surface area contributed by atoms with Crippen LogP contribution < -0.4 is 4.90 Å². The topological polar surface area (TPSA) is 38.1 Å². The molecule has 5 rings (SSSR count). The third-order valence-corrected chi connectivity index (χ3v) is 6.24. The molecule has 0 saturated heterocycles. The summed E-state index contributed by atoms with van der Waals surface area (Å²) in [7, 11) is 0. The number of rotatable bonds is 2. The van der Waals surface area contributed by atoms with Crippen LogP contribution in [0, 0.1) is 6.92 Å². The second-order valence-corrected chi connectivity index (χ2v) is 8.25. The number of hydrogen-bond donors (Lipinski definition) is 0. The van der Waals surface area contributed by atoms with Crippen LogP contribution in [0.1, 0.15) is 53.0 Å². The SMILES string of the molecule is Cc1ccc(-c2nc(C(=O)N3CCCc4ccccc43)c3n2CCCCC3)cc1. The largest absolute Gasteiger partial charge is 0.327 e. The van der Waals surface area contributed by atoms with E-state index in [-0.39, 0.29) is 5.91 Å². The van der Waals surface area contributed by atoms with Gasteiger partial charge in [0.1, 0.15) is 5.82 Å². The van der Waals surface area contributed by atoms with E-state index in [1.165, 1.54) is 17.5 Å². The van der Waals surface area contributed by atoms with Gasteiger partial charge in [0.25, 0.3) is 5.91 Å². The van der Waals surface area contributed by atoms with Gasteiger partial charge < -0.3 is 9.47 Å². The molecule has 4 heteroatoms. The molecule has 1 aromatic heterocycles. The molecule has 4 nitrogen and oxygen atoms in total. The van der Waals surface area contributed by atoms with E-state index in [1.807, 2.05) is 11.0 Å². The van der Waals surface area contributed by atoms with Gasteiger partial charge in [-0.1, -0.05) is 54.4 Å². The van der Waals surface area contributed by atoms with Crippen molar-refractivity contribution in [2.24, 2.45) is 0 Å². The van der Waals surface area contributed by atoms with Crippen LogP contribution in [-0.2, 0) is 19.4 Å². The first kappa shape index (κ1) is 18.2. The Bertz CT molecular complexity index is 1050. The van der Waals surface area contributed by atoms with E-state index in [0.29, 0.717) is 5.69 Å². The Morgan fingerprint density at radius 3 is 2.59 bits per heavy atom. The van der Waals surface area contributed by atoms with Crippen LogP contribution in [0.4, 0.5) is 5.69 Å². The molecule has 2 aliphatic heterocycles. The van der Waals surface area contributed by atoms with Gasteiger partial charge in [0, 0.05) is 24.3 Å². The fourth-order valence-corrected chi connectivity index (χ4v) is 4.69. The number of amides is 1. The predicted molar refractivity (Wildman–Crippen MR) is 116 cm³/mol. The first-order valence-corrected chi connectivity index (χ1v) is 10.8. The molecule has 1 amide bonds. The molecule has 0 N–H and O–H groups in total. The van der Waals surface area contributed by atoms with Crippen LogP contribution in [-0.4, -0.2) is 22.0 Å². The Balaban J connectivity index is 1.60. The normalized spacial score (nSPS) is 16.1. The molecule has 2 aromatic carbocycles. The average molecular weight is 386 g/mol. The highest BCUT2D eigenvalue weighted by Gasteiger charge is 2.30. The lowest BCUT2D eigenvalue weighted by Crippen LogP contribution is -2.36. The van der Waals surface area contributed by atoms with Crippen LogP contribution in [0.2, 0.25) is 0 Å². The van der Waals surface area contributed by atoms with E-state index in [2.05, 4.69) is 54.0 Å². The molecule has 0 atom stereocenters. The summed E-state index contributed by atoms with van der Waals surface area (Å²) in [6.45, 7) is 3.80. The van der Waals surface area contributed by atoms with Gasteiger partial charge in [0.15, 0.2) is 5.69 Å². The molecule has 0 bridgehead atoms. The minimum Gasteiger partial charge on any atom is -0.327 e. The molecular formula is C25H27N3O. The van der Waals surface area contributed by atoms with Crippen molar-refractivity contribution in [2.75, 3.05) is 11.4 Å². The summed E-state index contributed by atoms with van der Waals surface area (Å²) in [5, 5.41) is 0. The van der Waals surface area contributed by atoms with E-state index in [1.54, 1.807) is 0 Å². The van der Waals surface area contributed by atoms with Crippen molar-refractivity contribution >= 4 is 11.6 Å². The molecule has 3 heterocycles. The summed E-state index contributed by atoms with van der Waals surface area (Å²) in [6.07, 6.45) is 6.43. The van der Waals surface area contributed by atoms with Crippen LogP contribution in [0.25, 0.3) is 11.4 Å². The third-order valence-electron chi connectivity index (χ3n) is 6.24. The van der Waals surface area contributed by atoms with Gasteiger partial charge in [-0.05, 0) is 50.7 Å². The first-order chi connectivity index (χ1) is 14.2. The lowest BCUT2D eigenvalue weighted by atomic mass is 10.0. The van der Waals surface area contributed by atoms with Gasteiger partial charge in [-0.25, -0.2) is 4.98 Å².